The number of anilines is 1. The number of urea groups is 1. The van der Waals surface area contributed by atoms with Crippen molar-refractivity contribution in [2.75, 3.05) is 5.32 Å². The highest BCUT2D eigenvalue weighted by atomic mass is 16.2. The van der Waals surface area contributed by atoms with Crippen LogP contribution in [-0.4, -0.2) is 11.9 Å². The van der Waals surface area contributed by atoms with E-state index in [-0.39, 0.29) is 11.8 Å². The molecule has 0 aromatic heterocycles. The van der Waals surface area contributed by atoms with Crippen molar-refractivity contribution < 1.29 is 9.59 Å². The molecule has 0 radical (unpaired) electrons. The van der Waals surface area contributed by atoms with E-state index in [1.165, 1.54) is 0 Å². The van der Waals surface area contributed by atoms with Crippen LogP contribution in [0, 0.1) is 11.8 Å². The maximum atomic E-state index is 11.8. The van der Waals surface area contributed by atoms with Crippen LogP contribution in [-0.2, 0) is 4.79 Å². The lowest BCUT2D eigenvalue weighted by Gasteiger charge is -2.08. The van der Waals surface area contributed by atoms with Gasteiger partial charge in [0.05, 0.1) is 0 Å². The molecular formula is C15H21N3O2. The summed E-state index contributed by atoms with van der Waals surface area (Å²) in [6.07, 6.45) is 4.36. The fraction of sp³-hybridized carbons (Fsp3) is 0.467. The molecule has 1 aromatic rings. The van der Waals surface area contributed by atoms with Crippen LogP contribution in [0.4, 0.5) is 10.5 Å². The van der Waals surface area contributed by atoms with Gasteiger partial charge in [0.1, 0.15) is 0 Å². The Kier molecular flexibility index (Phi) is 4.98. The Morgan fingerprint density at radius 1 is 1.20 bits per heavy atom. The van der Waals surface area contributed by atoms with E-state index in [9.17, 15) is 9.59 Å². The first-order chi connectivity index (χ1) is 9.70. The number of para-hydroxylation sites is 1. The fourth-order valence-electron chi connectivity index (χ4n) is 2.25. The monoisotopic (exact) mass is 275 g/mol. The van der Waals surface area contributed by atoms with E-state index in [0.29, 0.717) is 11.6 Å². The SMILES string of the molecule is CCCC[C@@H]1C[C@@H]1C(=O)NNC(=O)Nc1ccccc1. The fourth-order valence-corrected chi connectivity index (χ4v) is 2.25. The van der Waals surface area contributed by atoms with E-state index in [2.05, 4.69) is 23.1 Å². The Balaban J connectivity index is 1.65. The van der Waals surface area contributed by atoms with Crippen molar-refractivity contribution >= 4 is 17.6 Å². The summed E-state index contributed by atoms with van der Waals surface area (Å²) in [7, 11) is 0. The summed E-state index contributed by atoms with van der Waals surface area (Å²) in [4.78, 5) is 23.4. The number of carbonyl (C=O) groups excluding carboxylic acids is 2. The Hall–Kier alpha value is -2.04. The highest BCUT2D eigenvalue weighted by molar-refractivity contribution is 5.91. The first-order valence-electron chi connectivity index (χ1n) is 7.12. The molecule has 3 N–H and O–H groups in total. The summed E-state index contributed by atoms with van der Waals surface area (Å²) < 4.78 is 0. The van der Waals surface area contributed by atoms with Gasteiger partial charge in [-0.15, -0.1) is 0 Å². The number of hydrogen-bond acceptors (Lipinski definition) is 2. The normalized spacial score (nSPS) is 20.1. The third-order valence-corrected chi connectivity index (χ3v) is 3.52. The lowest BCUT2D eigenvalue weighted by Crippen LogP contribution is -2.44. The molecule has 0 spiro atoms. The second-order valence-corrected chi connectivity index (χ2v) is 5.18. The molecule has 5 nitrogen and oxygen atoms in total. The van der Waals surface area contributed by atoms with Gasteiger partial charge in [0, 0.05) is 11.6 Å². The molecule has 1 fully saturated rings. The highest BCUT2D eigenvalue weighted by Gasteiger charge is 2.42. The summed E-state index contributed by atoms with van der Waals surface area (Å²) in [6.45, 7) is 2.15. The van der Waals surface area contributed by atoms with Crippen LogP contribution in [0.1, 0.15) is 32.6 Å². The Labute approximate surface area is 119 Å². The summed E-state index contributed by atoms with van der Waals surface area (Å²) in [6, 6.07) is 8.66. The number of rotatable bonds is 5. The van der Waals surface area contributed by atoms with Crippen LogP contribution in [0.2, 0.25) is 0 Å². The number of benzene rings is 1. The summed E-state index contributed by atoms with van der Waals surface area (Å²) in [5.41, 5.74) is 5.54. The number of unbranched alkanes of at least 4 members (excludes halogenated alkanes) is 1. The molecule has 1 aromatic carbocycles. The third-order valence-electron chi connectivity index (χ3n) is 3.52. The molecule has 0 heterocycles. The van der Waals surface area contributed by atoms with Crippen molar-refractivity contribution in [3.8, 4) is 0 Å². The first kappa shape index (κ1) is 14.4. The van der Waals surface area contributed by atoms with E-state index < -0.39 is 6.03 Å². The molecule has 2 atom stereocenters. The number of nitrogens with one attached hydrogen (secondary N) is 3. The van der Waals surface area contributed by atoms with Gasteiger partial charge >= 0.3 is 6.03 Å². The summed E-state index contributed by atoms with van der Waals surface area (Å²) >= 11 is 0. The van der Waals surface area contributed by atoms with Gasteiger partial charge in [-0.1, -0.05) is 38.0 Å². The zero-order valence-corrected chi connectivity index (χ0v) is 11.7. The molecule has 2 rings (SSSR count). The van der Waals surface area contributed by atoms with Crippen LogP contribution in [0.15, 0.2) is 30.3 Å². The summed E-state index contributed by atoms with van der Waals surface area (Å²) in [5.74, 6) is 0.474. The summed E-state index contributed by atoms with van der Waals surface area (Å²) in [5, 5.41) is 2.64. The molecule has 0 bridgehead atoms. The van der Waals surface area contributed by atoms with Gasteiger partial charge in [0.15, 0.2) is 0 Å². The largest absolute Gasteiger partial charge is 0.337 e. The smallest absolute Gasteiger partial charge is 0.307 e. The van der Waals surface area contributed by atoms with Crippen molar-refractivity contribution in [3.63, 3.8) is 0 Å². The predicted octanol–water partition coefficient (Wildman–Crippen LogP) is 2.67. The minimum atomic E-state index is -0.435. The highest BCUT2D eigenvalue weighted by Crippen LogP contribution is 2.42. The average Bonchev–Trinajstić information content (AvgIpc) is 3.23. The topological polar surface area (TPSA) is 70.2 Å². The van der Waals surface area contributed by atoms with Crippen LogP contribution < -0.4 is 16.2 Å². The van der Waals surface area contributed by atoms with Gasteiger partial charge in [-0.2, -0.15) is 0 Å². The lowest BCUT2D eigenvalue weighted by molar-refractivity contribution is -0.123. The van der Waals surface area contributed by atoms with E-state index in [1.54, 1.807) is 12.1 Å². The van der Waals surface area contributed by atoms with Crippen LogP contribution in [0.5, 0.6) is 0 Å². The lowest BCUT2D eigenvalue weighted by atomic mass is 10.1. The second kappa shape index (κ2) is 6.93. The Morgan fingerprint density at radius 2 is 1.95 bits per heavy atom. The third kappa shape index (κ3) is 4.26. The first-order valence-corrected chi connectivity index (χ1v) is 7.12. The van der Waals surface area contributed by atoms with E-state index >= 15 is 0 Å². The molecule has 1 aliphatic carbocycles. The molecule has 3 amide bonds. The van der Waals surface area contributed by atoms with Gasteiger partial charge in [-0.3, -0.25) is 10.2 Å². The van der Waals surface area contributed by atoms with Crippen LogP contribution in [0.3, 0.4) is 0 Å². The zero-order chi connectivity index (χ0) is 14.4. The quantitative estimate of drug-likeness (QED) is 0.723. The molecule has 1 aliphatic rings. The Morgan fingerprint density at radius 3 is 2.65 bits per heavy atom. The Bertz CT molecular complexity index is 461. The standard InChI is InChI=1S/C15H21N3O2/c1-2-3-7-11-10-13(11)14(19)17-18-15(20)16-12-8-5-4-6-9-12/h4-6,8-9,11,13H,2-3,7,10H2,1H3,(H,17,19)(H2,16,18,20)/t11-,13+/m1/s1. The number of carbonyl (C=O) groups is 2. The molecule has 108 valence electrons. The average molecular weight is 275 g/mol. The van der Waals surface area contributed by atoms with Crippen molar-refractivity contribution in [1.29, 1.82) is 0 Å². The van der Waals surface area contributed by atoms with Crippen LogP contribution in [0.25, 0.3) is 0 Å². The van der Waals surface area contributed by atoms with E-state index in [0.717, 1.165) is 25.7 Å². The predicted molar refractivity (Wildman–Crippen MR) is 77.9 cm³/mol. The van der Waals surface area contributed by atoms with Gasteiger partial charge in [0.2, 0.25) is 5.91 Å². The maximum Gasteiger partial charge on any atom is 0.337 e. The molecule has 0 aliphatic heterocycles. The molecule has 0 unspecified atom stereocenters. The van der Waals surface area contributed by atoms with Crippen molar-refractivity contribution in [1.82, 2.24) is 10.9 Å². The van der Waals surface area contributed by atoms with Gasteiger partial charge in [-0.05, 0) is 30.9 Å². The van der Waals surface area contributed by atoms with Gasteiger partial charge in [0.25, 0.3) is 0 Å². The number of hydrogen-bond donors (Lipinski definition) is 3. The molecular weight excluding hydrogens is 254 g/mol. The second-order valence-electron chi connectivity index (χ2n) is 5.18. The van der Waals surface area contributed by atoms with Crippen molar-refractivity contribution in [2.24, 2.45) is 11.8 Å². The maximum absolute atomic E-state index is 11.8. The number of hydrazine groups is 1. The van der Waals surface area contributed by atoms with Gasteiger partial charge in [-0.25, -0.2) is 10.2 Å². The number of amides is 3. The van der Waals surface area contributed by atoms with E-state index in [1.807, 2.05) is 18.2 Å². The molecule has 1 saturated carbocycles. The van der Waals surface area contributed by atoms with Gasteiger partial charge < -0.3 is 5.32 Å². The molecule has 20 heavy (non-hydrogen) atoms. The zero-order valence-electron chi connectivity index (χ0n) is 11.7. The van der Waals surface area contributed by atoms with Crippen LogP contribution >= 0.6 is 0 Å². The molecule has 0 saturated heterocycles. The minimum Gasteiger partial charge on any atom is -0.307 e. The molecule has 5 heteroatoms. The van der Waals surface area contributed by atoms with Crippen molar-refractivity contribution in [3.05, 3.63) is 30.3 Å². The van der Waals surface area contributed by atoms with E-state index in [4.69, 9.17) is 0 Å². The van der Waals surface area contributed by atoms with Crippen molar-refractivity contribution in [2.45, 2.75) is 32.6 Å². The minimum absolute atomic E-state index is 0.0681.